The Bertz CT molecular complexity index is 653. The van der Waals surface area contributed by atoms with Crippen LogP contribution in [0.4, 0.5) is 0 Å². The molecule has 0 unspecified atom stereocenters. The normalized spacial score (nSPS) is 10.8. The Labute approximate surface area is 128 Å². The number of ether oxygens (including phenoxy) is 1. The molecule has 0 fully saturated rings. The molecule has 2 N–H and O–H groups in total. The molecule has 0 aliphatic rings. The second-order valence-corrected chi connectivity index (χ2v) is 4.60. The summed E-state index contributed by atoms with van der Waals surface area (Å²) in [5, 5.41) is 17.8. The highest BCUT2D eigenvalue weighted by molar-refractivity contribution is 5.85. The van der Waals surface area contributed by atoms with Gasteiger partial charge in [-0.1, -0.05) is 30.3 Å². The van der Waals surface area contributed by atoms with Gasteiger partial charge in [0.25, 0.3) is 0 Å². The van der Waals surface area contributed by atoms with Crippen LogP contribution in [0.2, 0.25) is 0 Å². The van der Waals surface area contributed by atoms with Crippen LogP contribution in [0, 0.1) is 0 Å². The van der Waals surface area contributed by atoms with Crippen molar-refractivity contribution in [2.45, 2.75) is 13.0 Å². The SMILES string of the molecule is O=C(O)C=Cc1nc(CO)ccc1OCCc1ccccc1. The number of hydrogen-bond donors (Lipinski definition) is 2. The quantitative estimate of drug-likeness (QED) is 0.767. The van der Waals surface area contributed by atoms with Crippen LogP contribution in [-0.4, -0.2) is 27.8 Å². The Morgan fingerprint density at radius 1 is 1.18 bits per heavy atom. The number of nitrogens with zero attached hydrogens (tertiary/aromatic N) is 1. The van der Waals surface area contributed by atoms with Crippen molar-refractivity contribution in [2.24, 2.45) is 0 Å². The smallest absolute Gasteiger partial charge is 0.328 e. The number of carboxylic acids is 1. The molecule has 114 valence electrons. The lowest BCUT2D eigenvalue weighted by atomic mass is 10.2. The standard InChI is InChI=1S/C17H17NO4/c19-12-14-6-8-16(15(18-14)7-9-17(20)21)22-11-10-13-4-2-1-3-5-13/h1-9,19H,10-12H2,(H,20,21). The van der Waals surface area contributed by atoms with E-state index in [1.807, 2.05) is 30.3 Å². The zero-order chi connectivity index (χ0) is 15.8. The van der Waals surface area contributed by atoms with Crippen molar-refractivity contribution in [3.05, 3.63) is 65.5 Å². The van der Waals surface area contributed by atoms with Gasteiger partial charge in [0.15, 0.2) is 0 Å². The molecule has 0 amide bonds. The average Bonchev–Trinajstić information content (AvgIpc) is 2.54. The summed E-state index contributed by atoms with van der Waals surface area (Å²) in [7, 11) is 0. The molecular formula is C17H17NO4. The first-order chi connectivity index (χ1) is 10.7. The van der Waals surface area contributed by atoms with E-state index in [4.69, 9.17) is 14.9 Å². The number of aliphatic hydroxyl groups excluding tert-OH is 1. The maximum atomic E-state index is 10.6. The fourth-order valence-electron chi connectivity index (χ4n) is 1.91. The molecule has 5 heteroatoms. The number of carboxylic acid groups (broad SMARTS) is 1. The molecule has 0 spiro atoms. The molecule has 5 nitrogen and oxygen atoms in total. The molecule has 0 bridgehead atoms. The third-order valence-corrected chi connectivity index (χ3v) is 2.98. The van der Waals surface area contributed by atoms with Gasteiger partial charge in [-0.2, -0.15) is 0 Å². The zero-order valence-corrected chi connectivity index (χ0v) is 12.0. The lowest BCUT2D eigenvalue weighted by Gasteiger charge is -2.10. The minimum Gasteiger partial charge on any atom is -0.491 e. The van der Waals surface area contributed by atoms with E-state index < -0.39 is 5.97 Å². The van der Waals surface area contributed by atoms with Crippen LogP contribution in [0.15, 0.2) is 48.5 Å². The summed E-state index contributed by atoms with van der Waals surface area (Å²) in [5.74, 6) is -0.572. The molecule has 0 radical (unpaired) electrons. The molecule has 0 atom stereocenters. The summed E-state index contributed by atoms with van der Waals surface area (Å²) in [6, 6.07) is 13.3. The van der Waals surface area contributed by atoms with Crippen molar-refractivity contribution >= 4 is 12.0 Å². The molecule has 2 rings (SSSR count). The maximum absolute atomic E-state index is 10.6. The van der Waals surface area contributed by atoms with Gasteiger partial charge in [0.1, 0.15) is 11.4 Å². The molecule has 2 aromatic rings. The second kappa shape index (κ2) is 7.95. The first-order valence-electron chi connectivity index (χ1n) is 6.87. The third-order valence-electron chi connectivity index (χ3n) is 2.98. The molecule has 0 aliphatic heterocycles. The number of rotatable bonds is 7. The van der Waals surface area contributed by atoms with E-state index in [0.29, 0.717) is 23.7 Å². The van der Waals surface area contributed by atoms with Gasteiger partial charge in [-0.05, 0) is 23.8 Å². The topological polar surface area (TPSA) is 79.7 Å². The van der Waals surface area contributed by atoms with Crippen molar-refractivity contribution in [1.29, 1.82) is 0 Å². The van der Waals surface area contributed by atoms with Crippen molar-refractivity contribution in [1.82, 2.24) is 4.98 Å². The summed E-state index contributed by atoms with van der Waals surface area (Å²) in [5.41, 5.74) is 2.01. The lowest BCUT2D eigenvalue weighted by molar-refractivity contribution is -0.131. The maximum Gasteiger partial charge on any atom is 0.328 e. The monoisotopic (exact) mass is 299 g/mol. The van der Waals surface area contributed by atoms with E-state index in [0.717, 1.165) is 18.1 Å². The van der Waals surface area contributed by atoms with Gasteiger partial charge in [0.2, 0.25) is 0 Å². The molecule has 22 heavy (non-hydrogen) atoms. The molecule has 1 aromatic heterocycles. The number of benzene rings is 1. The first kappa shape index (κ1) is 15.7. The van der Waals surface area contributed by atoms with Crippen LogP contribution in [0.25, 0.3) is 6.08 Å². The summed E-state index contributed by atoms with van der Waals surface area (Å²) < 4.78 is 5.68. The predicted molar refractivity (Wildman–Crippen MR) is 82.5 cm³/mol. The van der Waals surface area contributed by atoms with Crippen molar-refractivity contribution < 1.29 is 19.7 Å². The predicted octanol–water partition coefficient (Wildman–Crippen LogP) is 2.29. The van der Waals surface area contributed by atoms with E-state index in [-0.39, 0.29) is 6.61 Å². The Morgan fingerprint density at radius 3 is 2.64 bits per heavy atom. The van der Waals surface area contributed by atoms with E-state index in [1.165, 1.54) is 6.08 Å². The highest BCUT2D eigenvalue weighted by atomic mass is 16.5. The largest absolute Gasteiger partial charge is 0.491 e. The van der Waals surface area contributed by atoms with E-state index >= 15 is 0 Å². The van der Waals surface area contributed by atoms with Crippen LogP contribution < -0.4 is 4.74 Å². The number of carbonyl (C=O) groups is 1. The Hall–Kier alpha value is -2.66. The van der Waals surface area contributed by atoms with Gasteiger partial charge in [0.05, 0.1) is 18.9 Å². The Kier molecular flexibility index (Phi) is 5.68. The number of aliphatic carboxylic acids is 1. The molecule has 0 saturated heterocycles. The second-order valence-electron chi connectivity index (χ2n) is 4.60. The number of hydrogen-bond acceptors (Lipinski definition) is 4. The number of pyridine rings is 1. The van der Waals surface area contributed by atoms with Gasteiger partial charge >= 0.3 is 5.97 Å². The van der Waals surface area contributed by atoms with Crippen molar-refractivity contribution in [2.75, 3.05) is 6.61 Å². The molecule has 1 aromatic carbocycles. The Morgan fingerprint density at radius 2 is 1.95 bits per heavy atom. The van der Waals surface area contributed by atoms with Gasteiger partial charge in [0, 0.05) is 12.5 Å². The fraction of sp³-hybridized carbons (Fsp3) is 0.176. The summed E-state index contributed by atoms with van der Waals surface area (Å²) in [6.07, 6.45) is 3.09. The average molecular weight is 299 g/mol. The summed E-state index contributed by atoms with van der Waals surface area (Å²) in [6.45, 7) is 0.246. The summed E-state index contributed by atoms with van der Waals surface area (Å²) >= 11 is 0. The number of aromatic nitrogens is 1. The molecule has 1 heterocycles. The Balaban J connectivity index is 2.07. The fourth-order valence-corrected chi connectivity index (χ4v) is 1.91. The van der Waals surface area contributed by atoms with Crippen LogP contribution in [0.5, 0.6) is 5.75 Å². The van der Waals surface area contributed by atoms with Crippen molar-refractivity contribution in [3.63, 3.8) is 0 Å². The molecule has 0 saturated carbocycles. The van der Waals surface area contributed by atoms with Crippen LogP contribution in [-0.2, 0) is 17.8 Å². The van der Waals surface area contributed by atoms with Crippen molar-refractivity contribution in [3.8, 4) is 5.75 Å². The zero-order valence-electron chi connectivity index (χ0n) is 12.0. The highest BCUT2D eigenvalue weighted by Gasteiger charge is 2.05. The lowest BCUT2D eigenvalue weighted by Crippen LogP contribution is -2.04. The molecule has 0 aliphatic carbocycles. The van der Waals surface area contributed by atoms with Gasteiger partial charge in [-0.25, -0.2) is 9.78 Å². The van der Waals surface area contributed by atoms with Crippen LogP contribution >= 0.6 is 0 Å². The molecular weight excluding hydrogens is 282 g/mol. The van der Waals surface area contributed by atoms with E-state index in [9.17, 15) is 4.79 Å². The third kappa shape index (κ3) is 4.71. The van der Waals surface area contributed by atoms with E-state index in [1.54, 1.807) is 12.1 Å². The van der Waals surface area contributed by atoms with E-state index in [2.05, 4.69) is 4.98 Å². The van der Waals surface area contributed by atoms with Crippen LogP contribution in [0.3, 0.4) is 0 Å². The van der Waals surface area contributed by atoms with Gasteiger partial charge < -0.3 is 14.9 Å². The summed E-state index contributed by atoms with van der Waals surface area (Å²) in [4.78, 5) is 14.8. The van der Waals surface area contributed by atoms with Gasteiger partial charge in [-0.15, -0.1) is 0 Å². The van der Waals surface area contributed by atoms with Crippen LogP contribution in [0.1, 0.15) is 17.0 Å². The minimum atomic E-state index is -1.06. The number of aliphatic hydroxyl groups is 1. The highest BCUT2D eigenvalue weighted by Crippen LogP contribution is 2.19. The first-order valence-corrected chi connectivity index (χ1v) is 6.87. The van der Waals surface area contributed by atoms with Gasteiger partial charge in [-0.3, -0.25) is 0 Å². The minimum absolute atomic E-state index is 0.210.